The van der Waals surface area contributed by atoms with E-state index >= 15 is 0 Å². The Morgan fingerprint density at radius 3 is 2.65 bits per heavy atom. The van der Waals surface area contributed by atoms with E-state index in [9.17, 15) is 19.3 Å². The first-order chi connectivity index (χ1) is 12.5. The van der Waals surface area contributed by atoms with Crippen molar-refractivity contribution in [3.8, 4) is 5.69 Å². The van der Waals surface area contributed by atoms with Gasteiger partial charge in [0.05, 0.1) is 4.92 Å². The number of rotatable bonds is 6. The van der Waals surface area contributed by atoms with Crippen LogP contribution in [0.1, 0.15) is 15.9 Å². The molecular weight excluding hydrogens is 341 g/mol. The Balaban J connectivity index is 1.70. The standard InChI is InChI=1S/C17H14FN5O3/c18-14-4-1-12(2-5-14)7-8-20-17(24)13-3-6-15(16(9-13)23(25)26)22-11-19-10-21-22/h1-6,9-11H,7-8H2,(H,20,24). The number of benzene rings is 2. The van der Waals surface area contributed by atoms with Crippen molar-refractivity contribution in [1.29, 1.82) is 0 Å². The molecule has 0 saturated carbocycles. The molecule has 0 saturated heterocycles. The zero-order chi connectivity index (χ0) is 18.5. The predicted octanol–water partition coefficient (Wildman–Crippen LogP) is 2.29. The second-order valence-corrected chi connectivity index (χ2v) is 5.43. The maximum Gasteiger partial charge on any atom is 0.295 e. The molecule has 0 spiro atoms. The first-order valence-electron chi connectivity index (χ1n) is 7.70. The van der Waals surface area contributed by atoms with Crippen molar-refractivity contribution in [2.75, 3.05) is 6.54 Å². The Morgan fingerprint density at radius 2 is 2.00 bits per heavy atom. The molecule has 3 rings (SSSR count). The molecule has 26 heavy (non-hydrogen) atoms. The van der Waals surface area contributed by atoms with E-state index in [4.69, 9.17) is 0 Å². The first kappa shape index (κ1) is 17.2. The molecule has 1 amide bonds. The van der Waals surface area contributed by atoms with Crippen molar-refractivity contribution in [2.24, 2.45) is 0 Å². The van der Waals surface area contributed by atoms with E-state index in [0.717, 1.165) is 5.56 Å². The summed E-state index contributed by atoms with van der Waals surface area (Å²) >= 11 is 0. The minimum absolute atomic E-state index is 0.166. The largest absolute Gasteiger partial charge is 0.352 e. The molecule has 0 unspecified atom stereocenters. The highest BCUT2D eigenvalue weighted by Crippen LogP contribution is 2.23. The Bertz CT molecular complexity index is 926. The van der Waals surface area contributed by atoms with E-state index in [0.29, 0.717) is 13.0 Å². The second kappa shape index (κ2) is 7.51. The molecular formula is C17H14FN5O3. The molecule has 0 bridgehead atoms. The number of amides is 1. The quantitative estimate of drug-likeness (QED) is 0.540. The fourth-order valence-electron chi connectivity index (χ4n) is 2.41. The topological polar surface area (TPSA) is 103 Å². The van der Waals surface area contributed by atoms with Crippen LogP contribution in [0.2, 0.25) is 0 Å². The third-order valence-electron chi connectivity index (χ3n) is 3.71. The predicted molar refractivity (Wildman–Crippen MR) is 90.5 cm³/mol. The summed E-state index contributed by atoms with van der Waals surface area (Å²) in [7, 11) is 0. The van der Waals surface area contributed by atoms with Crippen LogP contribution in [0.3, 0.4) is 0 Å². The fourth-order valence-corrected chi connectivity index (χ4v) is 2.41. The molecule has 1 N–H and O–H groups in total. The molecule has 1 aromatic heterocycles. The molecule has 0 aliphatic heterocycles. The van der Waals surface area contributed by atoms with Crippen molar-refractivity contribution in [2.45, 2.75) is 6.42 Å². The summed E-state index contributed by atoms with van der Waals surface area (Å²) in [6, 6.07) is 10.1. The van der Waals surface area contributed by atoms with Gasteiger partial charge >= 0.3 is 0 Å². The van der Waals surface area contributed by atoms with Gasteiger partial charge in [0.1, 0.15) is 24.2 Å². The number of nitro benzene ring substituents is 1. The van der Waals surface area contributed by atoms with Crippen molar-refractivity contribution < 1.29 is 14.1 Å². The van der Waals surface area contributed by atoms with Gasteiger partial charge in [-0.05, 0) is 36.2 Å². The molecule has 0 aliphatic rings. The summed E-state index contributed by atoms with van der Waals surface area (Å²) in [6.07, 6.45) is 3.12. The van der Waals surface area contributed by atoms with Gasteiger partial charge in [0, 0.05) is 18.2 Å². The van der Waals surface area contributed by atoms with Crippen molar-refractivity contribution in [3.05, 3.63) is 82.2 Å². The lowest BCUT2D eigenvalue weighted by atomic mass is 10.1. The number of halogens is 1. The maximum atomic E-state index is 12.9. The Hall–Kier alpha value is -3.62. The molecule has 0 fully saturated rings. The van der Waals surface area contributed by atoms with E-state index < -0.39 is 10.8 Å². The van der Waals surface area contributed by atoms with Crippen LogP contribution >= 0.6 is 0 Å². The molecule has 0 atom stereocenters. The molecule has 1 heterocycles. The highest BCUT2D eigenvalue weighted by Gasteiger charge is 2.19. The summed E-state index contributed by atoms with van der Waals surface area (Å²) in [6.45, 7) is 0.323. The molecule has 0 aliphatic carbocycles. The molecule has 9 heteroatoms. The highest BCUT2D eigenvalue weighted by atomic mass is 19.1. The van der Waals surface area contributed by atoms with Gasteiger partial charge in [0.15, 0.2) is 0 Å². The lowest BCUT2D eigenvalue weighted by molar-refractivity contribution is -0.384. The minimum atomic E-state index is -0.577. The Kier molecular flexibility index (Phi) is 4.97. The molecule has 2 aromatic carbocycles. The number of nitro groups is 1. The number of hydrogen-bond donors (Lipinski definition) is 1. The Morgan fingerprint density at radius 1 is 1.23 bits per heavy atom. The van der Waals surface area contributed by atoms with Crippen molar-refractivity contribution in [1.82, 2.24) is 20.1 Å². The number of carbonyl (C=O) groups is 1. The van der Waals surface area contributed by atoms with Gasteiger partial charge in [-0.25, -0.2) is 14.1 Å². The third-order valence-corrected chi connectivity index (χ3v) is 3.71. The fraction of sp³-hybridized carbons (Fsp3) is 0.118. The van der Waals surface area contributed by atoms with Crippen LogP contribution in [0, 0.1) is 15.9 Å². The van der Waals surface area contributed by atoms with E-state index in [1.807, 2.05) is 0 Å². The lowest BCUT2D eigenvalue weighted by Gasteiger charge is -2.07. The summed E-state index contributed by atoms with van der Waals surface area (Å²) in [5, 5.41) is 17.9. The average molecular weight is 355 g/mol. The van der Waals surface area contributed by atoms with Crippen LogP contribution in [0.15, 0.2) is 55.1 Å². The van der Waals surface area contributed by atoms with Crippen LogP contribution in [0.25, 0.3) is 5.69 Å². The van der Waals surface area contributed by atoms with E-state index in [2.05, 4.69) is 15.4 Å². The molecule has 8 nitrogen and oxygen atoms in total. The maximum absolute atomic E-state index is 12.9. The number of nitrogens with one attached hydrogen (secondary N) is 1. The summed E-state index contributed by atoms with van der Waals surface area (Å²) in [4.78, 5) is 26.7. The van der Waals surface area contributed by atoms with Crippen LogP contribution in [0.4, 0.5) is 10.1 Å². The minimum Gasteiger partial charge on any atom is -0.352 e. The molecule has 0 radical (unpaired) electrons. The van der Waals surface area contributed by atoms with E-state index in [1.54, 1.807) is 12.1 Å². The van der Waals surface area contributed by atoms with E-state index in [1.165, 1.54) is 47.7 Å². The smallest absolute Gasteiger partial charge is 0.295 e. The number of carbonyl (C=O) groups excluding carboxylic acids is 1. The zero-order valence-corrected chi connectivity index (χ0v) is 13.5. The first-order valence-corrected chi connectivity index (χ1v) is 7.70. The third kappa shape index (κ3) is 3.89. The van der Waals surface area contributed by atoms with Crippen LogP contribution in [-0.4, -0.2) is 32.1 Å². The monoisotopic (exact) mass is 355 g/mol. The van der Waals surface area contributed by atoms with Gasteiger partial charge in [0.2, 0.25) is 0 Å². The van der Waals surface area contributed by atoms with Crippen molar-refractivity contribution in [3.63, 3.8) is 0 Å². The zero-order valence-electron chi connectivity index (χ0n) is 13.5. The highest BCUT2D eigenvalue weighted by molar-refractivity contribution is 5.95. The van der Waals surface area contributed by atoms with Gasteiger partial charge in [-0.3, -0.25) is 14.9 Å². The molecule has 3 aromatic rings. The van der Waals surface area contributed by atoms with Crippen LogP contribution in [-0.2, 0) is 6.42 Å². The SMILES string of the molecule is O=C(NCCc1ccc(F)cc1)c1ccc(-n2cncn2)c([N+](=O)[O-])c1. The summed E-state index contributed by atoms with van der Waals surface area (Å²) < 4.78 is 14.1. The molecule has 132 valence electrons. The Labute approximate surface area is 147 Å². The van der Waals surface area contributed by atoms with Crippen LogP contribution in [0.5, 0.6) is 0 Å². The average Bonchev–Trinajstić information content (AvgIpc) is 3.17. The normalized spacial score (nSPS) is 10.5. The van der Waals surface area contributed by atoms with Crippen LogP contribution < -0.4 is 5.32 Å². The van der Waals surface area contributed by atoms with Gasteiger partial charge in [-0.1, -0.05) is 12.1 Å². The number of nitrogens with zero attached hydrogens (tertiary/aromatic N) is 4. The lowest BCUT2D eigenvalue weighted by Crippen LogP contribution is -2.25. The summed E-state index contributed by atoms with van der Waals surface area (Å²) in [5.74, 6) is -0.752. The number of hydrogen-bond acceptors (Lipinski definition) is 5. The van der Waals surface area contributed by atoms with Crippen molar-refractivity contribution >= 4 is 11.6 Å². The van der Waals surface area contributed by atoms with E-state index in [-0.39, 0.29) is 22.8 Å². The summed E-state index contributed by atoms with van der Waals surface area (Å²) in [5.41, 5.74) is 1.01. The van der Waals surface area contributed by atoms with Gasteiger partial charge in [0.25, 0.3) is 11.6 Å². The van der Waals surface area contributed by atoms with Gasteiger partial charge < -0.3 is 5.32 Å². The van der Waals surface area contributed by atoms with Gasteiger partial charge in [-0.15, -0.1) is 0 Å². The number of aromatic nitrogens is 3. The van der Waals surface area contributed by atoms with Gasteiger partial charge in [-0.2, -0.15) is 5.10 Å². The second-order valence-electron chi connectivity index (χ2n) is 5.43.